The van der Waals surface area contributed by atoms with Gasteiger partial charge in [0, 0.05) is 50.3 Å². The molecule has 1 N–H and O–H groups in total. The highest BCUT2D eigenvalue weighted by Crippen LogP contribution is 2.30. The summed E-state index contributed by atoms with van der Waals surface area (Å²) >= 11 is 0. The standard InChI is InChI=1S/C28H32N4/c1-23-12-14-26(15-13-23)32-22-29-20-27(32)21-30-16-18-31(19-17-30)28(24-8-4-2-5-9-24)25-10-6-3-7-11-25/h2-15,20,28-29H,16-19,21-22H2,1H3. The average molecular weight is 425 g/mol. The lowest BCUT2D eigenvalue weighted by molar-refractivity contribution is 0.115. The molecule has 2 aliphatic heterocycles. The van der Waals surface area contributed by atoms with Crippen LogP contribution in [0.5, 0.6) is 0 Å². The minimum Gasteiger partial charge on any atom is -0.372 e. The maximum absolute atomic E-state index is 3.42. The van der Waals surface area contributed by atoms with E-state index in [9.17, 15) is 0 Å². The zero-order chi connectivity index (χ0) is 21.8. The van der Waals surface area contributed by atoms with Gasteiger partial charge in [-0.3, -0.25) is 9.80 Å². The number of piperazine rings is 1. The molecule has 32 heavy (non-hydrogen) atoms. The van der Waals surface area contributed by atoms with Crippen molar-refractivity contribution in [1.82, 2.24) is 15.1 Å². The van der Waals surface area contributed by atoms with Crippen molar-refractivity contribution in [3.63, 3.8) is 0 Å². The molecule has 0 aliphatic carbocycles. The number of benzene rings is 3. The smallest absolute Gasteiger partial charge is 0.0919 e. The summed E-state index contributed by atoms with van der Waals surface area (Å²) in [6.07, 6.45) is 2.18. The quantitative estimate of drug-likeness (QED) is 0.624. The molecule has 4 nitrogen and oxygen atoms in total. The number of hydrogen-bond donors (Lipinski definition) is 1. The first-order chi connectivity index (χ1) is 15.8. The summed E-state index contributed by atoms with van der Waals surface area (Å²) in [5, 5.41) is 3.42. The van der Waals surface area contributed by atoms with Gasteiger partial charge in [-0.15, -0.1) is 0 Å². The summed E-state index contributed by atoms with van der Waals surface area (Å²) in [4.78, 5) is 7.62. The third kappa shape index (κ3) is 4.57. The van der Waals surface area contributed by atoms with Gasteiger partial charge in [0.05, 0.1) is 12.7 Å². The second-order valence-corrected chi connectivity index (χ2v) is 8.80. The Bertz CT molecular complexity index is 983. The molecule has 0 atom stereocenters. The van der Waals surface area contributed by atoms with Crippen LogP contribution in [0.15, 0.2) is 96.8 Å². The minimum atomic E-state index is 0.316. The molecule has 5 rings (SSSR count). The Morgan fingerprint density at radius 3 is 1.94 bits per heavy atom. The Kier molecular flexibility index (Phi) is 6.24. The second-order valence-electron chi connectivity index (χ2n) is 8.80. The molecule has 0 bridgehead atoms. The summed E-state index contributed by atoms with van der Waals surface area (Å²) in [5.74, 6) is 0. The van der Waals surface area contributed by atoms with Crippen LogP contribution in [0.3, 0.4) is 0 Å². The van der Waals surface area contributed by atoms with Crippen LogP contribution in [0.4, 0.5) is 5.69 Å². The minimum absolute atomic E-state index is 0.316. The summed E-state index contributed by atoms with van der Waals surface area (Å²) in [7, 11) is 0. The van der Waals surface area contributed by atoms with Gasteiger partial charge in [0.1, 0.15) is 0 Å². The zero-order valence-electron chi connectivity index (χ0n) is 18.8. The molecular weight excluding hydrogens is 392 g/mol. The number of hydrogen-bond acceptors (Lipinski definition) is 4. The normalized spacial score (nSPS) is 17.4. The van der Waals surface area contributed by atoms with E-state index in [-0.39, 0.29) is 0 Å². The Balaban J connectivity index is 1.25. The molecule has 164 valence electrons. The van der Waals surface area contributed by atoms with E-state index >= 15 is 0 Å². The van der Waals surface area contributed by atoms with Crippen LogP contribution in [0, 0.1) is 6.92 Å². The Hall–Kier alpha value is -3.08. The number of rotatable bonds is 6. The van der Waals surface area contributed by atoms with E-state index in [1.165, 1.54) is 28.1 Å². The average Bonchev–Trinajstić information content (AvgIpc) is 3.30. The van der Waals surface area contributed by atoms with Crippen molar-refractivity contribution in [2.45, 2.75) is 13.0 Å². The van der Waals surface area contributed by atoms with Crippen LogP contribution >= 0.6 is 0 Å². The molecule has 0 radical (unpaired) electrons. The van der Waals surface area contributed by atoms with Gasteiger partial charge in [-0.1, -0.05) is 78.4 Å². The van der Waals surface area contributed by atoms with E-state index < -0.39 is 0 Å². The molecule has 1 fully saturated rings. The largest absolute Gasteiger partial charge is 0.372 e. The first kappa shape index (κ1) is 20.8. The SMILES string of the molecule is Cc1ccc(N2CNC=C2CN2CCN(C(c3ccccc3)c3ccccc3)CC2)cc1. The van der Waals surface area contributed by atoms with E-state index in [4.69, 9.17) is 0 Å². The second kappa shape index (κ2) is 9.60. The monoisotopic (exact) mass is 424 g/mol. The fraction of sp³-hybridized carbons (Fsp3) is 0.286. The maximum Gasteiger partial charge on any atom is 0.0919 e. The van der Waals surface area contributed by atoms with Crippen LogP contribution in [0.1, 0.15) is 22.7 Å². The van der Waals surface area contributed by atoms with E-state index in [1.807, 2.05) is 0 Å². The van der Waals surface area contributed by atoms with Crippen molar-refractivity contribution < 1.29 is 0 Å². The molecule has 0 spiro atoms. The van der Waals surface area contributed by atoms with Gasteiger partial charge in [-0.05, 0) is 30.2 Å². The third-order valence-electron chi connectivity index (χ3n) is 6.60. The van der Waals surface area contributed by atoms with E-state index in [2.05, 4.69) is 118 Å². The predicted octanol–water partition coefficient (Wildman–Crippen LogP) is 4.61. The Labute approximate surface area is 191 Å². The third-order valence-corrected chi connectivity index (χ3v) is 6.60. The van der Waals surface area contributed by atoms with Crippen molar-refractivity contribution in [2.75, 3.05) is 44.3 Å². The number of aryl methyl sites for hydroxylation is 1. The van der Waals surface area contributed by atoms with Gasteiger partial charge >= 0.3 is 0 Å². The van der Waals surface area contributed by atoms with Crippen LogP contribution in [0.25, 0.3) is 0 Å². The molecular formula is C28H32N4. The van der Waals surface area contributed by atoms with Crippen molar-refractivity contribution in [3.8, 4) is 0 Å². The summed E-state index contributed by atoms with van der Waals surface area (Å²) < 4.78 is 0. The molecule has 2 heterocycles. The fourth-order valence-corrected chi connectivity index (χ4v) is 4.84. The molecule has 1 saturated heterocycles. The first-order valence-electron chi connectivity index (χ1n) is 11.6. The number of nitrogens with one attached hydrogen (secondary N) is 1. The topological polar surface area (TPSA) is 21.8 Å². The van der Waals surface area contributed by atoms with Crippen LogP contribution in [-0.4, -0.2) is 49.2 Å². The highest BCUT2D eigenvalue weighted by Gasteiger charge is 2.28. The molecule has 3 aromatic carbocycles. The van der Waals surface area contributed by atoms with Crippen molar-refractivity contribution >= 4 is 5.69 Å². The van der Waals surface area contributed by atoms with Crippen LogP contribution in [0.2, 0.25) is 0 Å². The van der Waals surface area contributed by atoms with Gasteiger partial charge < -0.3 is 10.2 Å². The fourth-order valence-electron chi connectivity index (χ4n) is 4.84. The summed E-state index contributed by atoms with van der Waals surface area (Å²) in [6.45, 7) is 8.27. The Morgan fingerprint density at radius 2 is 1.34 bits per heavy atom. The zero-order valence-corrected chi connectivity index (χ0v) is 18.8. The first-order valence-corrected chi connectivity index (χ1v) is 11.6. The number of anilines is 1. The van der Waals surface area contributed by atoms with Gasteiger partial charge in [-0.2, -0.15) is 0 Å². The molecule has 4 heteroatoms. The highest BCUT2D eigenvalue weighted by molar-refractivity contribution is 5.54. The van der Waals surface area contributed by atoms with Crippen LogP contribution < -0.4 is 10.2 Å². The van der Waals surface area contributed by atoms with Crippen molar-refractivity contribution in [1.29, 1.82) is 0 Å². The van der Waals surface area contributed by atoms with Crippen LogP contribution in [-0.2, 0) is 0 Å². The molecule has 3 aromatic rings. The molecule has 0 saturated carbocycles. The summed E-state index contributed by atoms with van der Waals surface area (Å²) in [6, 6.07) is 31.0. The molecule has 0 amide bonds. The molecule has 2 aliphatic rings. The van der Waals surface area contributed by atoms with E-state index in [0.717, 1.165) is 39.4 Å². The lowest BCUT2D eigenvalue weighted by Crippen LogP contribution is -2.49. The molecule has 0 aromatic heterocycles. The van der Waals surface area contributed by atoms with E-state index in [1.54, 1.807) is 0 Å². The Morgan fingerprint density at radius 1 is 0.750 bits per heavy atom. The number of nitrogens with zero attached hydrogens (tertiary/aromatic N) is 3. The summed E-state index contributed by atoms with van der Waals surface area (Å²) in [5.41, 5.74) is 6.67. The van der Waals surface area contributed by atoms with Gasteiger partial charge in [0.15, 0.2) is 0 Å². The predicted molar refractivity (Wildman–Crippen MR) is 132 cm³/mol. The lowest BCUT2D eigenvalue weighted by Gasteiger charge is -2.40. The lowest BCUT2D eigenvalue weighted by atomic mass is 9.96. The van der Waals surface area contributed by atoms with E-state index in [0.29, 0.717) is 6.04 Å². The van der Waals surface area contributed by atoms with Crippen molar-refractivity contribution in [2.24, 2.45) is 0 Å². The molecule has 0 unspecified atom stereocenters. The maximum atomic E-state index is 3.42. The van der Waals surface area contributed by atoms with Gasteiger partial charge in [-0.25, -0.2) is 0 Å². The van der Waals surface area contributed by atoms with Crippen molar-refractivity contribution in [3.05, 3.63) is 114 Å². The van der Waals surface area contributed by atoms with Gasteiger partial charge in [0.2, 0.25) is 0 Å². The highest BCUT2D eigenvalue weighted by atomic mass is 15.3. The van der Waals surface area contributed by atoms with Gasteiger partial charge in [0.25, 0.3) is 0 Å².